The van der Waals surface area contributed by atoms with Gasteiger partial charge in [-0.05, 0) is 111 Å². The number of amides is 3. The lowest BCUT2D eigenvalue weighted by atomic mass is 10.2. The highest BCUT2D eigenvalue weighted by molar-refractivity contribution is 5.83. The van der Waals surface area contributed by atoms with Crippen LogP contribution in [-0.2, 0) is 23.9 Å². The molecule has 0 radical (unpaired) electrons. The van der Waals surface area contributed by atoms with Crippen LogP contribution in [0.1, 0.15) is 66.2 Å². The number of carbonyl (C=O) groups excluding carboxylic acids is 4. The van der Waals surface area contributed by atoms with Crippen molar-refractivity contribution in [2.24, 2.45) is 0 Å². The Labute approximate surface area is 380 Å². The summed E-state index contributed by atoms with van der Waals surface area (Å²) in [6, 6.07) is 0. The van der Waals surface area contributed by atoms with Gasteiger partial charge in [-0.1, -0.05) is 20.8 Å². The molecule has 2 aliphatic rings. The largest absolute Gasteiger partial charge is 0.490 e. The highest BCUT2D eigenvalue weighted by atomic mass is 19.4. The van der Waals surface area contributed by atoms with E-state index in [-0.39, 0.29) is 31.0 Å². The zero-order valence-corrected chi connectivity index (χ0v) is 38.7. The molecule has 394 valence electrons. The molecule has 6 N–H and O–H groups in total. The molecule has 0 unspecified atom stereocenters. The van der Waals surface area contributed by atoms with Crippen molar-refractivity contribution < 1.29 is 81.7 Å². The first kappa shape index (κ1) is 67.0. The molecule has 2 rings (SSSR count). The van der Waals surface area contributed by atoms with E-state index in [1.165, 1.54) is 45.8 Å². The summed E-state index contributed by atoms with van der Waals surface area (Å²) in [6.07, 6.45) is -17.8. The first-order chi connectivity index (χ1) is 30.9. The molecule has 0 aromatic carbocycles. The summed E-state index contributed by atoms with van der Waals surface area (Å²) in [6.45, 7) is 16.6. The average Bonchev–Trinajstić information content (AvgIpc) is 3.26. The molecule has 2 aliphatic heterocycles. The van der Waals surface area contributed by atoms with Crippen LogP contribution in [0.25, 0.3) is 0 Å². The molecule has 0 aliphatic carbocycles. The summed E-state index contributed by atoms with van der Waals surface area (Å²) in [4.78, 5) is 47.9. The second-order valence-electron chi connectivity index (χ2n) is 14.1. The Kier molecular flexibility index (Phi) is 39.3. The smallest absolute Gasteiger partial charge is 0.459 e. The standard InChI is InChI=1S/C17H23F9N4O3.C11H26N4.C6H15N.C4H5F3O2.CH4O/c18-15(19,20)12(31)28-6-1-4-27-5-11-30(14(33)17(24,25)26)10-3-9-29(8-2-7-28)13(32)16(21,22)23;1-4-12-6-2-8-14-10-11-15-9-3-7-13-5-1;1-4-7(5-2)6-3;1-2-9-3(8)4(5,6)7;1-2/h27H,1-11H2;12-15H,1-11H2;4-6H2,1-3H3;2H2,1H3;2H,1H3. The predicted octanol–water partition coefficient (Wildman–Crippen LogP) is 3.53. The van der Waals surface area contributed by atoms with Crippen molar-refractivity contribution in [1.29, 1.82) is 0 Å². The van der Waals surface area contributed by atoms with Gasteiger partial charge in [0.05, 0.1) is 6.61 Å². The summed E-state index contributed by atoms with van der Waals surface area (Å²) < 4.78 is 152. The van der Waals surface area contributed by atoms with Crippen LogP contribution < -0.4 is 26.6 Å². The van der Waals surface area contributed by atoms with Crippen LogP contribution in [0.4, 0.5) is 52.7 Å². The molecule has 0 spiro atoms. The molecule has 66 heavy (non-hydrogen) atoms. The van der Waals surface area contributed by atoms with Crippen LogP contribution >= 0.6 is 0 Å². The Morgan fingerprint density at radius 2 is 0.697 bits per heavy atom. The van der Waals surface area contributed by atoms with Gasteiger partial charge in [-0.25, -0.2) is 4.79 Å². The van der Waals surface area contributed by atoms with Crippen molar-refractivity contribution in [2.75, 3.05) is 138 Å². The highest BCUT2D eigenvalue weighted by Gasteiger charge is 2.45. The fourth-order valence-corrected chi connectivity index (χ4v) is 5.70. The molecule has 15 nitrogen and oxygen atoms in total. The molecule has 0 aromatic rings. The highest BCUT2D eigenvalue weighted by Crippen LogP contribution is 2.22. The number of aliphatic hydroxyl groups excluding tert-OH is 1. The second kappa shape index (κ2) is 38.7. The molecule has 27 heteroatoms. The number of rotatable bonds is 4. The van der Waals surface area contributed by atoms with Gasteiger partial charge in [0.2, 0.25) is 0 Å². The third kappa shape index (κ3) is 35.9. The SMILES string of the molecule is C1CNCCCNCCNCCCNC1.CCN(CC)CC.CCOC(=O)C(F)(F)F.CO.O=C(N1CCCNCCN(C(=O)C(F)(F)F)CCCN(C(=O)C(F)(F)F)CCC1)C(F)(F)F. The summed E-state index contributed by atoms with van der Waals surface area (Å²) in [5.74, 6) is -8.85. The number of carbonyl (C=O) groups is 4. The Morgan fingerprint density at radius 1 is 0.424 bits per heavy atom. The summed E-state index contributed by atoms with van der Waals surface area (Å²) in [7, 11) is 1.00. The number of aliphatic hydroxyl groups is 1. The number of ether oxygens (including phenoxy) is 1. The minimum atomic E-state index is -5.32. The monoisotopic (exact) mass is 992 g/mol. The van der Waals surface area contributed by atoms with Gasteiger partial charge >= 0.3 is 48.4 Å². The molecule has 0 saturated carbocycles. The number of nitrogens with one attached hydrogen (secondary N) is 5. The van der Waals surface area contributed by atoms with Gasteiger partial charge in [0.25, 0.3) is 0 Å². The third-order valence-electron chi connectivity index (χ3n) is 9.09. The topological polar surface area (TPSA) is 171 Å². The molecular weight excluding hydrogens is 918 g/mol. The Hall–Kier alpha value is -3.24. The number of halogens is 12. The number of alkyl halides is 12. The van der Waals surface area contributed by atoms with Crippen LogP contribution in [0.5, 0.6) is 0 Å². The first-order valence-electron chi connectivity index (χ1n) is 21.9. The van der Waals surface area contributed by atoms with Crippen LogP contribution in [0.2, 0.25) is 0 Å². The van der Waals surface area contributed by atoms with Crippen LogP contribution in [-0.4, -0.2) is 211 Å². The third-order valence-corrected chi connectivity index (χ3v) is 9.09. The van der Waals surface area contributed by atoms with Crippen molar-refractivity contribution in [1.82, 2.24) is 46.2 Å². The van der Waals surface area contributed by atoms with E-state index in [1.807, 2.05) is 0 Å². The Morgan fingerprint density at radius 3 is 0.955 bits per heavy atom. The van der Waals surface area contributed by atoms with Gasteiger partial charge in [0.15, 0.2) is 0 Å². The summed E-state index contributed by atoms with van der Waals surface area (Å²) in [5, 5.41) is 23.4. The fraction of sp³-hybridized carbons (Fsp3) is 0.897. The van der Waals surface area contributed by atoms with Crippen LogP contribution in [0.3, 0.4) is 0 Å². The van der Waals surface area contributed by atoms with Gasteiger partial charge < -0.3 is 56.0 Å². The second-order valence-corrected chi connectivity index (χ2v) is 14.1. The van der Waals surface area contributed by atoms with Crippen molar-refractivity contribution in [3.05, 3.63) is 0 Å². The lowest BCUT2D eigenvalue weighted by Gasteiger charge is -2.28. The van der Waals surface area contributed by atoms with Gasteiger partial charge in [-0.3, -0.25) is 14.4 Å². The minimum absolute atomic E-state index is 0.00830. The van der Waals surface area contributed by atoms with Gasteiger partial charge in [-0.15, -0.1) is 0 Å². The number of nitrogens with zero attached hydrogens (tertiary/aromatic N) is 4. The number of esters is 1. The average molecular weight is 992 g/mol. The lowest BCUT2D eigenvalue weighted by molar-refractivity contribution is -0.199. The number of hydrogen-bond acceptors (Lipinski definition) is 12. The zero-order valence-electron chi connectivity index (χ0n) is 38.7. The maximum atomic E-state index is 12.9. The van der Waals surface area contributed by atoms with E-state index in [0.717, 1.165) is 59.5 Å². The summed E-state index contributed by atoms with van der Waals surface area (Å²) >= 11 is 0. The normalized spacial score (nSPS) is 17.7. The molecule has 3 amide bonds. The minimum Gasteiger partial charge on any atom is -0.459 e. The number of hydrogen-bond donors (Lipinski definition) is 6. The first-order valence-corrected chi connectivity index (χ1v) is 21.9. The van der Waals surface area contributed by atoms with E-state index in [2.05, 4.69) is 57.0 Å². The summed E-state index contributed by atoms with van der Waals surface area (Å²) in [5.41, 5.74) is 0. The van der Waals surface area contributed by atoms with E-state index in [0.29, 0.717) is 9.80 Å². The lowest BCUT2D eigenvalue weighted by Crippen LogP contribution is -2.47. The fourth-order valence-electron chi connectivity index (χ4n) is 5.70. The van der Waals surface area contributed by atoms with E-state index in [9.17, 15) is 71.9 Å². The quantitative estimate of drug-likeness (QED) is 0.179. The molecule has 2 fully saturated rings. The van der Waals surface area contributed by atoms with Crippen molar-refractivity contribution >= 4 is 23.7 Å². The van der Waals surface area contributed by atoms with Gasteiger partial charge in [0, 0.05) is 66.0 Å². The van der Waals surface area contributed by atoms with Crippen molar-refractivity contribution in [3.8, 4) is 0 Å². The van der Waals surface area contributed by atoms with E-state index in [4.69, 9.17) is 5.11 Å². The predicted molar refractivity (Wildman–Crippen MR) is 224 cm³/mol. The molecule has 0 atom stereocenters. The van der Waals surface area contributed by atoms with E-state index in [1.54, 1.807) is 0 Å². The molecule has 2 heterocycles. The molecular formula is C39H73F12N9O6. The van der Waals surface area contributed by atoms with Gasteiger partial charge in [-0.2, -0.15) is 52.7 Å². The van der Waals surface area contributed by atoms with Crippen LogP contribution in [0.15, 0.2) is 0 Å². The van der Waals surface area contributed by atoms with E-state index < -0.39 is 101 Å². The molecule has 2 saturated heterocycles. The van der Waals surface area contributed by atoms with Crippen molar-refractivity contribution in [3.63, 3.8) is 0 Å². The Balaban J connectivity index is -0.000000978. The zero-order chi connectivity index (χ0) is 51.2. The molecule has 0 aromatic heterocycles. The van der Waals surface area contributed by atoms with E-state index >= 15 is 0 Å². The van der Waals surface area contributed by atoms with Crippen molar-refractivity contribution in [2.45, 2.75) is 90.9 Å². The maximum absolute atomic E-state index is 12.9. The Bertz CT molecular complexity index is 1140. The van der Waals surface area contributed by atoms with Gasteiger partial charge in [0.1, 0.15) is 0 Å². The molecule has 0 bridgehead atoms. The maximum Gasteiger partial charge on any atom is 0.490 e. The van der Waals surface area contributed by atoms with Crippen LogP contribution in [0, 0.1) is 0 Å².